The maximum atomic E-state index is 13.1. The maximum Gasteiger partial charge on any atom is 0.147 e. The van der Waals surface area contributed by atoms with E-state index in [0.717, 1.165) is 6.42 Å². The van der Waals surface area contributed by atoms with E-state index in [0.29, 0.717) is 6.42 Å². The third-order valence-electron chi connectivity index (χ3n) is 2.65. The number of hydrogen-bond acceptors (Lipinski definition) is 0. The second-order valence-corrected chi connectivity index (χ2v) is 4.47. The molecule has 0 rings (SSSR count). The van der Waals surface area contributed by atoms with Crippen molar-refractivity contribution in [2.45, 2.75) is 72.1 Å². The van der Waals surface area contributed by atoms with E-state index in [4.69, 9.17) is 0 Å². The zero-order chi connectivity index (χ0) is 10.8. The van der Waals surface area contributed by atoms with Crippen LogP contribution in [0.1, 0.15) is 72.1 Å². The summed E-state index contributed by atoms with van der Waals surface area (Å²) < 4.78 is 13.1. The van der Waals surface area contributed by atoms with Crippen LogP contribution in [0.5, 0.6) is 0 Å². The number of hydrogen-bond donors (Lipinski definition) is 0. The van der Waals surface area contributed by atoms with E-state index in [1.807, 2.05) is 13.8 Å². The predicted octanol–water partition coefficient (Wildman–Crippen LogP) is 5.28. The third-order valence-corrected chi connectivity index (χ3v) is 2.65. The van der Waals surface area contributed by atoms with Crippen LogP contribution in [0.25, 0.3) is 0 Å². The summed E-state index contributed by atoms with van der Waals surface area (Å²) in [4.78, 5) is 0. The van der Waals surface area contributed by atoms with Gasteiger partial charge in [-0.25, -0.2) is 4.39 Å². The van der Waals surface area contributed by atoms with Crippen molar-refractivity contribution < 1.29 is 4.39 Å². The third kappa shape index (κ3) is 8.52. The van der Waals surface area contributed by atoms with Crippen molar-refractivity contribution in [2.75, 3.05) is 0 Å². The van der Waals surface area contributed by atoms with Crippen LogP contribution in [0.4, 0.5) is 4.39 Å². The quantitative estimate of drug-likeness (QED) is 0.445. The molecule has 0 aromatic heterocycles. The standard InChI is InChI=1S/C13H26F/c1-4-5-6-7-8-9-10-11-13(14)12(2)3/h12H,4-11H2,1-3H3. The van der Waals surface area contributed by atoms with Gasteiger partial charge in [-0.3, -0.25) is 0 Å². The van der Waals surface area contributed by atoms with Gasteiger partial charge >= 0.3 is 0 Å². The fourth-order valence-electron chi connectivity index (χ4n) is 1.54. The van der Waals surface area contributed by atoms with Gasteiger partial charge < -0.3 is 0 Å². The smallest absolute Gasteiger partial charge is 0.147 e. The molecule has 0 aromatic rings. The molecule has 0 aliphatic heterocycles. The SMILES string of the molecule is CCCCCCCCC[C](F)C(C)C. The minimum absolute atomic E-state index is 0.120. The normalized spacial score (nSPS) is 11.6. The Kier molecular flexibility index (Phi) is 9.44. The van der Waals surface area contributed by atoms with Crippen molar-refractivity contribution in [1.29, 1.82) is 0 Å². The monoisotopic (exact) mass is 201 g/mol. The second kappa shape index (κ2) is 9.48. The highest BCUT2D eigenvalue weighted by molar-refractivity contribution is 4.79. The molecule has 1 heteroatoms. The van der Waals surface area contributed by atoms with Crippen LogP contribution < -0.4 is 0 Å². The number of rotatable bonds is 9. The molecule has 85 valence electrons. The Morgan fingerprint density at radius 1 is 0.929 bits per heavy atom. The molecule has 0 unspecified atom stereocenters. The van der Waals surface area contributed by atoms with E-state index >= 15 is 0 Å². The van der Waals surface area contributed by atoms with Crippen LogP contribution in [-0.2, 0) is 0 Å². The Bertz CT molecular complexity index is 110. The summed E-state index contributed by atoms with van der Waals surface area (Å²) in [7, 11) is 0. The lowest BCUT2D eigenvalue weighted by atomic mass is 10.0. The van der Waals surface area contributed by atoms with Crippen LogP contribution in [0.15, 0.2) is 0 Å². The van der Waals surface area contributed by atoms with Crippen molar-refractivity contribution in [3.05, 3.63) is 6.17 Å². The molecule has 0 nitrogen and oxygen atoms in total. The summed E-state index contributed by atoms with van der Waals surface area (Å²) in [5.74, 6) is 0.120. The summed E-state index contributed by atoms with van der Waals surface area (Å²) in [5, 5.41) is 0. The Balaban J connectivity index is 3.06. The zero-order valence-corrected chi connectivity index (χ0v) is 10.1. The topological polar surface area (TPSA) is 0 Å². The van der Waals surface area contributed by atoms with Crippen molar-refractivity contribution in [2.24, 2.45) is 5.92 Å². The first-order chi connectivity index (χ1) is 6.68. The van der Waals surface area contributed by atoms with Crippen LogP contribution >= 0.6 is 0 Å². The molecule has 0 saturated carbocycles. The molecule has 1 radical (unpaired) electrons. The summed E-state index contributed by atoms with van der Waals surface area (Å²) >= 11 is 0. The lowest BCUT2D eigenvalue weighted by Gasteiger charge is -2.09. The van der Waals surface area contributed by atoms with Gasteiger partial charge in [0.05, 0.1) is 0 Å². The van der Waals surface area contributed by atoms with Gasteiger partial charge in [-0.1, -0.05) is 65.7 Å². The van der Waals surface area contributed by atoms with Crippen molar-refractivity contribution in [3.8, 4) is 0 Å². The number of unbranched alkanes of at least 4 members (excludes halogenated alkanes) is 6. The molecular weight excluding hydrogens is 175 g/mol. The highest BCUT2D eigenvalue weighted by atomic mass is 19.1. The van der Waals surface area contributed by atoms with E-state index in [2.05, 4.69) is 6.92 Å². The van der Waals surface area contributed by atoms with Gasteiger partial charge in [-0.2, -0.15) is 0 Å². The van der Waals surface area contributed by atoms with Gasteiger partial charge in [0, 0.05) is 0 Å². The van der Waals surface area contributed by atoms with Crippen molar-refractivity contribution in [1.82, 2.24) is 0 Å². The Labute approximate surface area is 89.3 Å². The summed E-state index contributed by atoms with van der Waals surface area (Å²) in [6, 6.07) is 0. The average molecular weight is 201 g/mol. The van der Waals surface area contributed by atoms with Crippen LogP contribution in [-0.4, -0.2) is 0 Å². The fourth-order valence-corrected chi connectivity index (χ4v) is 1.54. The first-order valence-corrected chi connectivity index (χ1v) is 6.19. The molecule has 0 aliphatic rings. The summed E-state index contributed by atoms with van der Waals surface area (Å²) in [5.41, 5.74) is 0. The summed E-state index contributed by atoms with van der Waals surface area (Å²) in [6.45, 7) is 6.08. The Morgan fingerprint density at radius 3 is 1.93 bits per heavy atom. The van der Waals surface area contributed by atoms with Gasteiger partial charge in [0.1, 0.15) is 6.17 Å². The second-order valence-electron chi connectivity index (χ2n) is 4.47. The summed E-state index contributed by atoms with van der Waals surface area (Å²) in [6.07, 6.45) is 9.72. The predicted molar refractivity (Wildman–Crippen MR) is 61.8 cm³/mol. The van der Waals surface area contributed by atoms with E-state index in [1.165, 1.54) is 38.5 Å². The molecule has 0 spiro atoms. The van der Waals surface area contributed by atoms with Gasteiger partial charge in [0.15, 0.2) is 0 Å². The van der Waals surface area contributed by atoms with E-state index in [9.17, 15) is 4.39 Å². The molecule has 0 aromatic carbocycles. The first-order valence-electron chi connectivity index (χ1n) is 6.19. The molecule has 14 heavy (non-hydrogen) atoms. The van der Waals surface area contributed by atoms with Crippen LogP contribution in [0, 0.1) is 12.1 Å². The molecule has 0 heterocycles. The van der Waals surface area contributed by atoms with Crippen LogP contribution in [0.2, 0.25) is 0 Å². The minimum Gasteiger partial charge on any atom is -0.240 e. The molecule has 0 amide bonds. The highest BCUT2D eigenvalue weighted by Gasteiger charge is 2.11. The van der Waals surface area contributed by atoms with Crippen molar-refractivity contribution >= 4 is 0 Å². The molecule has 0 atom stereocenters. The average Bonchev–Trinajstić information content (AvgIpc) is 2.16. The van der Waals surface area contributed by atoms with Gasteiger partial charge in [-0.05, 0) is 12.3 Å². The maximum absolute atomic E-state index is 13.1. The molecule has 0 saturated heterocycles. The molecule has 0 fully saturated rings. The highest BCUT2D eigenvalue weighted by Crippen LogP contribution is 2.22. The van der Waals surface area contributed by atoms with Gasteiger partial charge in [0.25, 0.3) is 0 Å². The van der Waals surface area contributed by atoms with E-state index in [-0.39, 0.29) is 12.1 Å². The van der Waals surface area contributed by atoms with E-state index < -0.39 is 0 Å². The molecule has 0 N–H and O–H groups in total. The lowest BCUT2D eigenvalue weighted by Crippen LogP contribution is -1.99. The Morgan fingerprint density at radius 2 is 1.43 bits per heavy atom. The molecule has 0 aliphatic carbocycles. The minimum atomic E-state index is 0.120. The first kappa shape index (κ1) is 13.9. The van der Waals surface area contributed by atoms with Crippen LogP contribution in [0.3, 0.4) is 0 Å². The fraction of sp³-hybridized carbons (Fsp3) is 0.923. The Hall–Kier alpha value is -0.0700. The van der Waals surface area contributed by atoms with Gasteiger partial charge in [0.2, 0.25) is 0 Å². The molecular formula is C13H26F. The lowest BCUT2D eigenvalue weighted by molar-refractivity contribution is 0.357. The number of halogens is 1. The largest absolute Gasteiger partial charge is 0.240 e. The van der Waals surface area contributed by atoms with E-state index in [1.54, 1.807) is 0 Å². The zero-order valence-electron chi connectivity index (χ0n) is 10.1. The van der Waals surface area contributed by atoms with Crippen molar-refractivity contribution in [3.63, 3.8) is 0 Å². The molecule has 0 bridgehead atoms. The van der Waals surface area contributed by atoms with Gasteiger partial charge in [-0.15, -0.1) is 0 Å².